The fourth-order valence-electron chi connectivity index (χ4n) is 1.61. The predicted octanol–water partition coefficient (Wildman–Crippen LogP) is 3.97. The maximum atomic E-state index is 12.0. The number of phenolic OH excluding ortho intramolecular Hbond substituents is 1. The van der Waals surface area contributed by atoms with Crippen LogP contribution in [0.2, 0.25) is 5.02 Å². The molecule has 0 radical (unpaired) electrons. The third-order valence-corrected chi connectivity index (χ3v) is 3.51. The van der Waals surface area contributed by atoms with Crippen LogP contribution in [0.1, 0.15) is 10.4 Å². The van der Waals surface area contributed by atoms with Crippen LogP contribution in [0.3, 0.4) is 0 Å². The van der Waals surface area contributed by atoms with Gasteiger partial charge in [0.1, 0.15) is 5.75 Å². The van der Waals surface area contributed by atoms with Crippen LogP contribution in [0.25, 0.3) is 0 Å². The summed E-state index contributed by atoms with van der Waals surface area (Å²) < 4.78 is 0.360. The van der Waals surface area contributed by atoms with E-state index >= 15 is 0 Å². The lowest BCUT2D eigenvalue weighted by atomic mass is 10.2. The third kappa shape index (κ3) is 3.50. The molecule has 2 rings (SSSR count). The molecule has 0 aliphatic heterocycles. The molecule has 0 saturated heterocycles. The lowest BCUT2D eigenvalue weighted by Crippen LogP contribution is -2.12. The van der Waals surface area contributed by atoms with Crippen molar-refractivity contribution >= 4 is 44.8 Å². The highest BCUT2D eigenvalue weighted by atomic mass is 79.9. The lowest BCUT2D eigenvalue weighted by Gasteiger charge is -2.08. The molecule has 1 amide bonds. The topological polar surface area (TPSA) is 92.5 Å². The highest BCUT2D eigenvalue weighted by molar-refractivity contribution is 9.10. The van der Waals surface area contributed by atoms with E-state index in [0.29, 0.717) is 15.2 Å². The maximum absolute atomic E-state index is 12.0. The molecule has 0 heterocycles. The second-order valence-electron chi connectivity index (χ2n) is 4.04. The Kier molecular flexibility index (Phi) is 4.44. The molecule has 21 heavy (non-hydrogen) atoms. The van der Waals surface area contributed by atoms with Gasteiger partial charge in [0.05, 0.1) is 16.2 Å². The van der Waals surface area contributed by atoms with Crippen LogP contribution in [0, 0.1) is 10.1 Å². The van der Waals surface area contributed by atoms with Gasteiger partial charge in [0.15, 0.2) is 0 Å². The average Bonchev–Trinajstić information content (AvgIpc) is 2.40. The van der Waals surface area contributed by atoms with Gasteiger partial charge < -0.3 is 10.4 Å². The quantitative estimate of drug-likeness (QED) is 0.631. The van der Waals surface area contributed by atoms with Crippen LogP contribution in [-0.2, 0) is 0 Å². The molecule has 2 N–H and O–H groups in total. The fourth-order valence-corrected chi connectivity index (χ4v) is 2.24. The summed E-state index contributed by atoms with van der Waals surface area (Å²) in [5, 5.41) is 23.2. The number of non-ortho nitro benzene ring substituents is 1. The number of carbonyl (C=O) groups is 1. The number of hydrogen-bond acceptors (Lipinski definition) is 4. The summed E-state index contributed by atoms with van der Waals surface area (Å²) in [6.45, 7) is 0. The molecule has 0 unspecified atom stereocenters. The van der Waals surface area contributed by atoms with E-state index in [1.165, 1.54) is 36.4 Å². The standard InChI is InChI=1S/C13H8BrClN2O4/c14-10-6-8(17(20)21)2-4-11(10)16-13(19)9-3-1-7(15)5-12(9)18/h1-6,18H,(H,16,19). The lowest BCUT2D eigenvalue weighted by molar-refractivity contribution is -0.384. The molecule has 0 spiro atoms. The van der Waals surface area contributed by atoms with Crippen molar-refractivity contribution in [3.05, 3.63) is 61.6 Å². The van der Waals surface area contributed by atoms with Gasteiger partial charge in [0.25, 0.3) is 11.6 Å². The van der Waals surface area contributed by atoms with Crippen LogP contribution >= 0.6 is 27.5 Å². The number of rotatable bonds is 3. The second-order valence-corrected chi connectivity index (χ2v) is 5.33. The van der Waals surface area contributed by atoms with Crippen molar-refractivity contribution in [2.24, 2.45) is 0 Å². The SMILES string of the molecule is O=C(Nc1ccc([N+](=O)[O-])cc1Br)c1ccc(Cl)cc1O. The number of nitrogens with zero attached hydrogens (tertiary/aromatic N) is 1. The minimum atomic E-state index is -0.557. The number of amides is 1. The largest absolute Gasteiger partial charge is 0.507 e. The number of nitrogens with one attached hydrogen (secondary N) is 1. The van der Waals surface area contributed by atoms with Crippen molar-refractivity contribution in [2.75, 3.05) is 5.32 Å². The zero-order chi connectivity index (χ0) is 15.6. The zero-order valence-corrected chi connectivity index (χ0v) is 12.7. The Bertz CT molecular complexity index is 736. The number of benzene rings is 2. The van der Waals surface area contributed by atoms with Crippen LogP contribution in [-0.4, -0.2) is 15.9 Å². The van der Waals surface area contributed by atoms with Crippen LogP contribution in [0.15, 0.2) is 40.9 Å². The van der Waals surface area contributed by atoms with E-state index < -0.39 is 10.8 Å². The number of anilines is 1. The Morgan fingerprint density at radius 2 is 2.00 bits per heavy atom. The van der Waals surface area contributed by atoms with Gasteiger partial charge in [-0.3, -0.25) is 14.9 Å². The van der Waals surface area contributed by atoms with Crippen molar-refractivity contribution in [3.63, 3.8) is 0 Å². The number of nitro groups is 1. The molecule has 8 heteroatoms. The first kappa shape index (κ1) is 15.3. The molecule has 0 aromatic heterocycles. The van der Waals surface area contributed by atoms with E-state index in [2.05, 4.69) is 21.2 Å². The molecule has 2 aromatic rings. The predicted molar refractivity (Wildman–Crippen MR) is 81.9 cm³/mol. The van der Waals surface area contributed by atoms with Crippen molar-refractivity contribution in [3.8, 4) is 5.75 Å². The maximum Gasteiger partial charge on any atom is 0.270 e. The first-order valence-electron chi connectivity index (χ1n) is 5.62. The molecule has 2 aromatic carbocycles. The summed E-state index contributed by atoms with van der Waals surface area (Å²) in [7, 11) is 0. The van der Waals surface area contributed by atoms with Crippen molar-refractivity contribution < 1.29 is 14.8 Å². The van der Waals surface area contributed by atoms with Crippen LogP contribution in [0.5, 0.6) is 5.75 Å². The van der Waals surface area contributed by atoms with E-state index in [1.54, 1.807) is 0 Å². The molecular formula is C13H8BrClN2O4. The number of nitro benzene ring substituents is 1. The van der Waals surface area contributed by atoms with Crippen molar-refractivity contribution in [1.82, 2.24) is 0 Å². The highest BCUT2D eigenvalue weighted by Crippen LogP contribution is 2.29. The summed E-state index contributed by atoms with van der Waals surface area (Å²) in [5.74, 6) is -0.809. The molecule has 108 valence electrons. The van der Waals surface area contributed by atoms with Crippen LogP contribution in [0.4, 0.5) is 11.4 Å². The van der Waals surface area contributed by atoms with E-state index in [9.17, 15) is 20.0 Å². The first-order valence-corrected chi connectivity index (χ1v) is 6.79. The van der Waals surface area contributed by atoms with Gasteiger partial charge in [-0.25, -0.2) is 0 Å². The third-order valence-electron chi connectivity index (χ3n) is 2.62. The first-order chi connectivity index (χ1) is 9.88. The van der Waals surface area contributed by atoms with Gasteiger partial charge in [0.2, 0.25) is 0 Å². The van der Waals surface area contributed by atoms with Gasteiger partial charge in [-0.05, 0) is 40.2 Å². The summed E-state index contributed by atoms with van der Waals surface area (Å²) >= 11 is 8.83. The van der Waals surface area contributed by atoms with E-state index in [-0.39, 0.29) is 17.0 Å². The van der Waals surface area contributed by atoms with E-state index in [0.717, 1.165) is 0 Å². The van der Waals surface area contributed by atoms with E-state index in [4.69, 9.17) is 11.6 Å². The second kappa shape index (κ2) is 6.11. The molecule has 0 saturated carbocycles. The van der Waals surface area contributed by atoms with Crippen molar-refractivity contribution in [1.29, 1.82) is 0 Å². The Morgan fingerprint density at radius 3 is 2.57 bits per heavy atom. The van der Waals surface area contributed by atoms with Crippen LogP contribution < -0.4 is 5.32 Å². The minimum absolute atomic E-state index is 0.0460. The monoisotopic (exact) mass is 370 g/mol. The zero-order valence-electron chi connectivity index (χ0n) is 10.3. The number of aromatic hydroxyl groups is 1. The molecule has 0 aliphatic carbocycles. The molecule has 0 aliphatic rings. The van der Waals surface area contributed by atoms with Gasteiger partial charge in [-0.1, -0.05) is 11.6 Å². The molecule has 0 fully saturated rings. The average molecular weight is 372 g/mol. The van der Waals surface area contributed by atoms with Gasteiger partial charge in [-0.15, -0.1) is 0 Å². The fraction of sp³-hybridized carbons (Fsp3) is 0. The molecule has 0 atom stereocenters. The van der Waals surface area contributed by atoms with Crippen molar-refractivity contribution in [2.45, 2.75) is 0 Å². The highest BCUT2D eigenvalue weighted by Gasteiger charge is 2.15. The van der Waals surface area contributed by atoms with Gasteiger partial charge in [-0.2, -0.15) is 0 Å². The summed E-state index contributed by atoms with van der Waals surface area (Å²) in [6.07, 6.45) is 0. The molecular weight excluding hydrogens is 364 g/mol. The summed E-state index contributed by atoms with van der Waals surface area (Å²) in [6, 6.07) is 8.04. The summed E-state index contributed by atoms with van der Waals surface area (Å²) in [5.41, 5.74) is 0.291. The Hall–Kier alpha value is -2.12. The Balaban J connectivity index is 2.25. The Morgan fingerprint density at radius 1 is 1.29 bits per heavy atom. The smallest absolute Gasteiger partial charge is 0.270 e. The normalized spacial score (nSPS) is 10.2. The molecule has 6 nitrogen and oxygen atoms in total. The Labute approximate surface area is 132 Å². The van der Waals surface area contributed by atoms with Gasteiger partial charge >= 0.3 is 0 Å². The minimum Gasteiger partial charge on any atom is -0.507 e. The number of carbonyl (C=O) groups excluding carboxylic acids is 1. The number of halogens is 2. The summed E-state index contributed by atoms with van der Waals surface area (Å²) in [4.78, 5) is 22.1. The van der Waals surface area contributed by atoms with E-state index in [1.807, 2.05) is 0 Å². The van der Waals surface area contributed by atoms with Gasteiger partial charge in [0, 0.05) is 21.6 Å². The number of hydrogen-bond donors (Lipinski definition) is 2. The number of phenols is 1. The molecule has 0 bridgehead atoms.